The van der Waals surface area contributed by atoms with E-state index >= 15 is 0 Å². The molecule has 0 aliphatic carbocycles. The minimum absolute atomic E-state index is 0.180. The van der Waals surface area contributed by atoms with Crippen LogP contribution in [0.4, 0.5) is 0 Å². The molecule has 0 N–H and O–H groups in total. The molecule has 0 atom stereocenters. The van der Waals surface area contributed by atoms with Gasteiger partial charge in [0.05, 0.1) is 27.2 Å². The molecule has 152 valence electrons. The topological polar surface area (TPSA) is 91.4 Å². The van der Waals surface area contributed by atoms with Crippen LogP contribution < -0.4 is 9.47 Å². The van der Waals surface area contributed by atoms with Gasteiger partial charge in [-0.15, -0.1) is 0 Å². The Balaban J connectivity index is 1.80. The molecule has 1 saturated heterocycles. The average Bonchev–Trinajstić information content (AvgIpc) is 2.75. The van der Waals surface area contributed by atoms with Crippen molar-refractivity contribution in [2.45, 2.75) is 12.8 Å². The maximum atomic E-state index is 12.2. The highest BCUT2D eigenvalue weighted by Gasteiger charge is 2.28. The SMILES string of the molecule is COC(=O)C1CCN(C(=O)COC(=O)/C=C/c2ccc(OC)c(OC)c2)CC1. The van der Waals surface area contributed by atoms with Crippen LogP contribution in [0.2, 0.25) is 0 Å². The largest absolute Gasteiger partial charge is 0.493 e. The van der Waals surface area contributed by atoms with Crippen LogP contribution in [0.1, 0.15) is 18.4 Å². The predicted molar refractivity (Wildman–Crippen MR) is 101 cm³/mol. The summed E-state index contributed by atoms with van der Waals surface area (Å²) in [5.41, 5.74) is 0.728. The summed E-state index contributed by atoms with van der Waals surface area (Å²) < 4.78 is 20.1. The van der Waals surface area contributed by atoms with E-state index in [9.17, 15) is 14.4 Å². The number of rotatable bonds is 7. The molecule has 1 aliphatic rings. The molecule has 8 heteroatoms. The molecule has 1 amide bonds. The molecule has 2 rings (SSSR count). The number of hydrogen-bond acceptors (Lipinski definition) is 7. The number of likely N-dealkylation sites (tertiary alicyclic amines) is 1. The summed E-state index contributed by atoms with van der Waals surface area (Å²) in [6, 6.07) is 5.21. The van der Waals surface area contributed by atoms with Crippen molar-refractivity contribution in [2.75, 3.05) is 41.0 Å². The van der Waals surface area contributed by atoms with Crippen molar-refractivity contribution in [1.82, 2.24) is 4.90 Å². The second kappa shape index (κ2) is 10.3. The third kappa shape index (κ3) is 5.73. The third-order valence-corrected chi connectivity index (χ3v) is 4.54. The lowest BCUT2D eigenvalue weighted by Crippen LogP contribution is -2.42. The number of piperidine rings is 1. The van der Waals surface area contributed by atoms with Crippen LogP contribution in [0.5, 0.6) is 11.5 Å². The highest BCUT2D eigenvalue weighted by atomic mass is 16.5. The van der Waals surface area contributed by atoms with Crippen LogP contribution in [-0.2, 0) is 23.9 Å². The van der Waals surface area contributed by atoms with E-state index < -0.39 is 5.97 Å². The van der Waals surface area contributed by atoms with Crippen molar-refractivity contribution >= 4 is 23.9 Å². The zero-order valence-electron chi connectivity index (χ0n) is 16.3. The number of benzene rings is 1. The van der Waals surface area contributed by atoms with Gasteiger partial charge in [-0.1, -0.05) is 6.07 Å². The van der Waals surface area contributed by atoms with Gasteiger partial charge in [0.1, 0.15) is 0 Å². The van der Waals surface area contributed by atoms with Gasteiger partial charge in [0, 0.05) is 19.2 Å². The van der Waals surface area contributed by atoms with E-state index in [1.54, 1.807) is 36.3 Å². The Labute approximate surface area is 164 Å². The van der Waals surface area contributed by atoms with E-state index in [1.807, 2.05) is 0 Å². The first-order valence-corrected chi connectivity index (χ1v) is 8.91. The summed E-state index contributed by atoms with van der Waals surface area (Å²) in [5.74, 6) is -0.198. The number of carbonyl (C=O) groups excluding carboxylic acids is 3. The van der Waals surface area contributed by atoms with Crippen LogP contribution in [0.25, 0.3) is 6.08 Å². The molecule has 1 aromatic carbocycles. The lowest BCUT2D eigenvalue weighted by Gasteiger charge is -2.30. The Kier molecular flexibility index (Phi) is 7.86. The Morgan fingerprint density at radius 3 is 2.36 bits per heavy atom. The summed E-state index contributed by atoms with van der Waals surface area (Å²) in [7, 11) is 4.42. The molecular weight excluding hydrogens is 366 g/mol. The number of nitrogens with zero attached hydrogens (tertiary/aromatic N) is 1. The van der Waals surface area contributed by atoms with E-state index in [1.165, 1.54) is 20.3 Å². The maximum absolute atomic E-state index is 12.2. The van der Waals surface area contributed by atoms with Crippen molar-refractivity contribution in [1.29, 1.82) is 0 Å². The first-order chi connectivity index (χ1) is 13.5. The zero-order chi connectivity index (χ0) is 20.5. The molecular formula is C20H25NO7. The Bertz CT molecular complexity index is 736. The van der Waals surface area contributed by atoms with Crippen molar-refractivity contribution in [3.8, 4) is 11.5 Å². The number of hydrogen-bond donors (Lipinski definition) is 0. The molecule has 0 bridgehead atoms. The van der Waals surface area contributed by atoms with E-state index in [0.717, 1.165) is 5.56 Å². The predicted octanol–water partition coefficient (Wildman–Crippen LogP) is 1.67. The fourth-order valence-corrected chi connectivity index (χ4v) is 2.92. The molecule has 28 heavy (non-hydrogen) atoms. The lowest BCUT2D eigenvalue weighted by molar-refractivity contribution is -0.151. The monoisotopic (exact) mass is 391 g/mol. The molecule has 1 fully saturated rings. The first kappa shape index (κ1) is 21.3. The average molecular weight is 391 g/mol. The molecule has 0 unspecified atom stereocenters. The summed E-state index contributed by atoms with van der Waals surface area (Å²) in [6.07, 6.45) is 3.91. The minimum atomic E-state index is -0.618. The molecule has 8 nitrogen and oxygen atoms in total. The number of carbonyl (C=O) groups is 3. The fraction of sp³-hybridized carbons (Fsp3) is 0.450. The smallest absolute Gasteiger partial charge is 0.331 e. The molecule has 0 aromatic heterocycles. The molecule has 1 heterocycles. The number of esters is 2. The van der Waals surface area contributed by atoms with Crippen molar-refractivity contribution in [2.24, 2.45) is 5.92 Å². The van der Waals surface area contributed by atoms with Crippen LogP contribution in [0.3, 0.4) is 0 Å². The molecule has 0 saturated carbocycles. The van der Waals surface area contributed by atoms with Gasteiger partial charge in [0.2, 0.25) is 0 Å². The Morgan fingerprint density at radius 2 is 1.75 bits per heavy atom. The van der Waals surface area contributed by atoms with Gasteiger partial charge in [-0.05, 0) is 36.6 Å². The second-order valence-corrected chi connectivity index (χ2v) is 6.23. The summed E-state index contributed by atoms with van der Waals surface area (Å²) in [6.45, 7) is 0.549. The van der Waals surface area contributed by atoms with Gasteiger partial charge in [0.25, 0.3) is 5.91 Å². The zero-order valence-corrected chi connectivity index (χ0v) is 16.3. The van der Waals surface area contributed by atoms with Gasteiger partial charge in [-0.3, -0.25) is 9.59 Å². The second-order valence-electron chi connectivity index (χ2n) is 6.23. The van der Waals surface area contributed by atoms with Gasteiger partial charge >= 0.3 is 11.9 Å². The lowest BCUT2D eigenvalue weighted by atomic mass is 9.97. The third-order valence-electron chi connectivity index (χ3n) is 4.54. The van der Waals surface area contributed by atoms with Crippen LogP contribution in [-0.4, -0.2) is 63.8 Å². The van der Waals surface area contributed by atoms with Crippen molar-refractivity contribution in [3.63, 3.8) is 0 Å². The van der Waals surface area contributed by atoms with Gasteiger partial charge < -0.3 is 23.8 Å². The minimum Gasteiger partial charge on any atom is -0.493 e. The number of amides is 1. The van der Waals surface area contributed by atoms with Gasteiger partial charge in [0.15, 0.2) is 18.1 Å². The fourth-order valence-electron chi connectivity index (χ4n) is 2.92. The summed E-state index contributed by atoms with van der Waals surface area (Å²) in [5, 5.41) is 0. The Morgan fingerprint density at radius 1 is 1.07 bits per heavy atom. The number of ether oxygens (including phenoxy) is 4. The Hall–Kier alpha value is -3.03. The van der Waals surface area contributed by atoms with Crippen LogP contribution >= 0.6 is 0 Å². The summed E-state index contributed by atoms with van der Waals surface area (Å²) >= 11 is 0. The van der Waals surface area contributed by atoms with E-state index in [2.05, 4.69) is 0 Å². The van der Waals surface area contributed by atoms with Gasteiger partial charge in [-0.25, -0.2) is 4.79 Å². The van der Waals surface area contributed by atoms with Crippen molar-refractivity contribution in [3.05, 3.63) is 29.8 Å². The maximum Gasteiger partial charge on any atom is 0.331 e. The van der Waals surface area contributed by atoms with Crippen LogP contribution in [0, 0.1) is 5.92 Å². The van der Waals surface area contributed by atoms with E-state index in [4.69, 9.17) is 18.9 Å². The van der Waals surface area contributed by atoms with E-state index in [-0.39, 0.29) is 24.4 Å². The quantitative estimate of drug-likeness (QED) is 0.516. The standard InChI is InChI=1S/C20H25NO7/c1-25-16-6-4-14(12-17(16)26-2)5-7-19(23)28-13-18(22)21-10-8-15(9-11-21)20(24)27-3/h4-7,12,15H,8-11,13H2,1-3H3/b7-5+. The molecule has 1 aromatic rings. The van der Waals surface area contributed by atoms with Crippen LogP contribution in [0.15, 0.2) is 24.3 Å². The molecule has 0 radical (unpaired) electrons. The number of methoxy groups -OCH3 is 3. The summed E-state index contributed by atoms with van der Waals surface area (Å²) in [4.78, 5) is 37.1. The molecule has 1 aliphatic heterocycles. The first-order valence-electron chi connectivity index (χ1n) is 8.91. The van der Waals surface area contributed by atoms with E-state index in [0.29, 0.717) is 37.4 Å². The van der Waals surface area contributed by atoms with Crippen molar-refractivity contribution < 1.29 is 33.3 Å². The highest BCUT2D eigenvalue weighted by Crippen LogP contribution is 2.28. The normalized spacial score (nSPS) is 14.6. The highest BCUT2D eigenvalue weighted by molar-refractivity contribution is 5.89. The van der Waals surface area contributed by atoms with Gasteiger partial charge in [-0.2, -0.15) is 0 Å². The molecule has 0 spiro atoms.